The number of carbonyl (C=O) groups excluding carboxylic acids is 3. The SMILES string of the molecule is O=C(CCCN1C(=O)c2ccccc2C1=O)Oc1cccc(Cl)c1Cl. The van der Waals surface area contributed by atoms with E-state index in [4.69, 9.17) is 27.9 Å². The van der Waals surface area contributed by atoms with Gasteiger partial charge in [-0.1, -0.05) is 41.4 Å². The highest BCUT2D eigenvalue weighted by atomic mass is 35.5. The van der Waals surface area contributed by atoms with Gasteiger partial charge in [-0.25, -0.2) is 0 Å². The second kappa shape index (κ2) is 7.25. The number of fused-ring (bicyclic) bond motifs is 1. The number of ether oxygens (including phenoxy) is 1. The number of hydrogen-bond acceptors (Lipinski definition) is 4. The van der Waals surface area contributed by atoms with Gasteiger partial charge in [0.2, 0.25) is 0 Å². The zero-order chi connectivity index (χ0) is 18.0. The minimum absolute atomic E-state index is 0.0379. The van der Waals surface area contributed by atoms with Gasteiger partial charge in [0.15, 0.2) is 5.75 Å². The lowest BCUT2D eigenvalue weighted by Gasteiger charge is -2.13. The number of hydrogen-bond donors (Lipinski definition) is 0. The van der Waals surface area contributed by atoms with Gasteiger partial charge in [0, 0.05) is 13.0 Å². The number of benzene rings is 2. The fraction of sp³-hybridized carbons (Fsp3) is 0.167. The quantitative estimate of drug-likeness (QED) is 0.449. The average molecular weight is 378 g/mol. The first-order valence-electron chi connectivity index (χ1n) is 7.59. The van der Waals surface area contributed by atoms with E-state index in [9.17, 15) is 14.4 Å². The minimum atomic E-state index is -0.513. The Morgan fingerprint density at radius 3 is 2.24 bits per heavy atom. The minimum Gasteiger partial charge on any atom is -0.425 e. The predicted molar refractivity (Wildman–Crippen MR) is 93.1 cm³/mol. The van der Waals surface area contributed by atoms with E-state index in [-0.39, 0.29) is 40.6 Å². The van der Waals surface area contributed by atoms with Crippen LogP contribution < -0.4 is 4.74 Å². The van der Waals surface area contributed by atoms with E-state index in [0.29, 0.717) is 17.5 Å². The van der Waals surface area contributed by atoms with Gasteiger partial charge in [0.1, 0.15) is 5.02 Å². The Balaban J connectivity index is 1.55. The second-order valence-electron chi connectivity index (χ2n) is 5.44. The Bertz CT molecular complexity index is 831. The summed E-state index contributed by atoms with van der Waals surface area (Å²) in [6.07, 6.45) is 0.332. The maximum Gasteiger partial charge on any atom is 0.311 e. The van der Waals surface area contributed by atoms with Crippen molar-refractivity contribution in [3.8, 4) is 5.75 Å². The molecule has 0 atom stereocenters. The summed E-state index contributed by atoms with van der Waals surface area (Å²) < 4.78 is 5.16. The van der Waals surface area contributed by atoms with Crippen LogP contribution in [0.4, 0.5) is 0 Å². The summed E-state index contributed by atoms with van der Waals surface area (Å²) in [4.78, 5) is 37.5. The first-order chi connectivity index (χ1) is 12.0. The van der Waals surface area contributed by atoms with Crippen LogP contribution in [0.2, 0.25) is 10.0 Å². The molecule has 128 valence electrons. The van der Waals surface area contributed by atoms with E-state index >= 15 is 0 Å². The second-order valence-corrected chi connectivity index (χ2v) is 6.22. The number of imide groups is 1. The first-order valence-corrected chi connectivity index (χ1v) is 8.34. The van der Waals surface area contributed by atoms with Gasteiger partial charge in [-0.2, -0.15) is 0 Å². The number of esters is 1. The number of amides is 2. The fourth-order valence-corrected chi connectivity index (χ4v) is 2.89. The van der Waals surface area contributed by atoms with Gasteiger partial charge in [-0.3, -0.25) is 19.3 Å². The van der Waals surface area contributed by atoms with Crippen LogP contribution in [-0.4, -0.2) is 29.2 Å². The molecule has 7 heteroatoms. The molecule has 0 saturated carbocycles. The maximum atomic E-state index is 12.2. The third kappa shape index (κ3) is 3.52. The van der Waals surface area contributed by atoms with E-state index in [1.165, 1.54) is 6.07 Å². The molecule has 2 amide bonds. The van der Waals surface area contributed by atoms with E-state index < -0.39 is 5.97 Å². The molecular weight excluding hydrogens is 365 g/mol. The Morgan fingerprint density at radius 1 is 0.960 bits per heavy atom. The van der Waals surface area contributed by atoms with Crippen LogP contribution in [0.5, 0.6) is 5.75 Å². The van der Waals surface area contributed by atoms with Crippen molar-refractivity contribution in [1.82, 2.24) is 4.90 Å². The van der Waals surface area contributed by atoms with Crippen molar-refractivity contribution in [2.75, 3.05) is 6.54 Å². The highest BCUT2D eigenvalue weighted by Crippen LogP contribution is 2.31. The van der Waals surface area contributed by atoms with Crippen molar-refractivity contribution in [2.45, 2.75) is 12.8 Å². The largest absolute Gasteiger partial charge is 0.425 e. The summed E-state index contributed by atoms with van der Waals surface area (Å²) in [5.41, 5.74) is 0.779. The summed E-state index contributed by atoms with van der Waals surface area (Å²) in [5.74, 6) is -1.01. The van der Waals surface area contributed by atoms with Crippen molar-refractivity contribution < 1.29 is 19.1 Å². The Hall–Kier alpha value is -2.37. The maximum absolute atomic E-state index is 12.2. The molecule has 0 radical (unpaired) electrons. The fourth-order valence-electron chi connectivity index (χ4n) is 2.56. The molecule has 0 fully saturated rings. The molecule has 25 heavy (non-hydrogen) atoms. The smallest absolute Gasteiger partial charge is 0.311 e. The zero-order valence-electron chi connectivity index (χ0n) is 13.0. The van der Waals surface area contributed by atoms with Crippen LogP contribution in [0.1, 0.15) is 33.6 Å². The summed E-state index contributed by atoms with van der Waals surface area (Å²) in [5, 5.41) is 0.454. The van der Waals surface area contributed by atoms with E-state index in [0.717, 1.165) is 4.90 Å². The van der Waals surface area contributed by atoms with Crippen molar-refractivity contribution >= 4 is 41.0 Å². The van der Waals surface area contributed by atoms with Crippen LogP contribution in [0.25, 0.3) is 0 Å². The van der Waals surface area contributed by atoms with Crippen LogP contribution in [0.15, 0.2) is 42.5 Å². The molecule has 0 aliphatic carbocycles. The summed E-state index contributed by atoms with van der Waals surface area (Å²) >= 11 is 11.8. The van der Waals surface area contributed by atoms with Crippen LogP contribution in [0.3, 0.4) is 0 Å². The molecule has 1 heterocycles. The van der Waals surface area contributed by atoms with E-state index in [2.05, 4.69) is 0 Å². The van der Waals surface area contributed by atoms with Crippen LogP contribution in [0, 0.1) is 0 Å². The molecular formula is C18H13Cl2NO4. The van der Waals surface area contributed by atoms with Gasteiger partial charge in [-0.05, 0) is 30.7 Å². The normalized spacial score (nSPS) is 13.1. The molecule has 5 nitrogen and oxygen atoms in total. The molecule has 3 rings (SSSR count). The van der Waals surface area contributed by atoms with E-state index in [1.807, 2.05) is 0 Å². The predicted octanol–water partition coefficient (Wildman–Crippen LogP) is 3.98. The van der Waals surface area contributed by atoms with Gasteiger partial charge in [-0.15, -0.1) is 0 Å². The monoisotopic (exact) mass is 377 g/mol. The average Bonchev–Trinajstić information content (AvgIpc) is 2.84. The molecule has 2 aromatic rings. The lowest BCUT2D eigenvalue weighted by atomic mass is 10.1. The number of nitrogens with zero attached hydrogens (tertiary/aromatic N) is 1. The number of carbonyl (C=O) groups is 3. The lowest BCUT2D eigenvalue weighted by molar-refractivity contribution is -0.134. The van der Waals surface area contributed by atoms with Gasteiger partial charge < -0.3 is 4.74 Å². The molecule has 1 aliphatic heterocycles. The van der Waals surface area contributed by atoms with E-state index in [1.54, 1.807) is 36.4 Å². The third-order valence-corrected chi connectivity index (χ3v) is 4.58. The summed E-state index contributed by atoms with van der Waals surface area (Å²) in [6, 6.07) is 11.4. The lowest BCUT2D eigenvalue weighted by Crippen LogP contribution is -2.31. The Kier molecular flexibility index (Phi) is 5.06. The molecule has 0 bridgehead atoms. The zero-order valence-corrected chi connectivity index (χ0v) is 14.5. The van der Waals surface area contributed by atoms with Crippen molar-refractivity contribution in [1.29, 1.82) is 0 Å². The van der Waals surface area contributed by atoms with Crippen LogP contribution >= 0.6 is 23.2 Å². The third-order valence-electron chi connectivity index (χ3n) is 3.78. The summed E-state index contributed by atoms with van der Waals surface area (Å²) in [6.45, 7) is 0.144. The Labute approximate surface area is 154 Å². The van der Waals surface area contributed by atoms with Gasteiger partial charge >= 0.3 is 5.97 Å². The van der Waals surface area contributed by atoms with Crippen molar-refractivity contribution in [3.05, 3.63) is 63.6 Å². The van der Waals surface area contributed by atoms with Crippen molar-refractivity contribution in [2.24, 2.45) is 0 Å². The van der Waals surface area contributed by atoms with Crippen LogP contribution in [-0.2, 0) is 4.79 Å². The molecule has 0 spiro atoms. The number of rotatable bonds is 5. The van der Waals surface area contributed by atoms with Crippen molar-refractivity contribution in [3.63, 3.8) is 0 Å². The van der Waals surface area contributed by atoms with Gasteiger partial charge in [0.05, 0.1) is 16.1 Å². The number of halogens is 2. The highest BCUT2D eigenvalue weighted by molar-refractivity contribution is 6.43. The topological polar surface area (TPSA) is 63.7 Å². The molecule has 0 unspecified atom stereocenters. The molecule has 1 aliphatic rings. The summed E-state index contributed by atoms with van der Waals surface area (Å²) in [7, 11) is 0. The molecule has 0 N–H and O–H groups in total. The molecule has 0 saturated heterocycles. The first kappa shape index (κ1) is 17.5. The molecule has 2 aromatic carbocycles. The standard InChI is InChI=1S/C18H13Cl2NO4/c19-13-7-3-8-14(16(13)20)25-15(22)9-4-10-21-17(23)11-5-1-2-6-12(11)18(21)24/h1-3,5-8H,4,9-10H2. The van der Waals surface area contributed by atoms with Gasteiger partial charge in [0.25, 0.3) is 11.8 Å². The Morgan fingerprint density at radius 2 is 1.60 bits per heavy atom. The molecule has 0 aromatic heterocycles. The highest BCUT2D eigenvalue weighted by Gasteiger charge is 2.34.